The standard InChI is InChI=1S/2C16H23BrN2O3/c2*1-16(2,3)22-15(21)19-8-6-11(7-9-19)14(20)12-4-5-13(17)18-10-12/h2*4-5,10-11,14,20H,6-9H2,1-3H3. The third kappa shape index (κ3) is 11.6. The quantitative estimate of drug-likeness (QED) is 0.320. The predicted octanol–water partition coefficient (Wildman–Crippen LogP) is 7.05. The average Bonchev–Trinajstić information content (AvgIpc) is 2.96. The lowest BCUT2D eigenvalue weighted by Gasteiger charge is -2.35. The number of carbonyl (C=O) groups is 2. The largest absolute Gasteiger partial charge is 0.444 e. The zero-order chi connectivity index (χ0) is 32.7. The van der Waals surface area contributed by atoms with Crippen molar-refractivity contribution in [2.75, 3.05) is 26.2 Å². The molecule has 2 saturated heterocycles. The molecule has 244 valence electrons. The molecule has 0 radical (unpaired) electrons. The van der Waals surface area contributed by atoms with E-state index in [9.17, 15) is 19.8 Å². The van der Waals surface area contributed by atoms with Crippen LogP contribution < -0.4 is 0 Å². The van der Waals surface area contributed by atoms with Crippen LogP contribution in [-0.2, 0) is 9.47 Å². The number of aliphatic hydroxyl groups is 2. The third-order valence-electron chi connectivity index (χ3n) is 7.46. The lowest BCUT2D eigenvalue weighted by molar-refractivity contribution is 0.00703. The minimum atomic E-state index is -0.540. The van der Waals surface area contributed by atoms with Gasteiger partial charge in [-0.05, 0) is 134 Å². The second-order valence-corrected chi connectivity index (χ2v) is 15.0. The molecule has 2 aromatic heterocycles. The normalized spacial score (nSPS) is 18.1. The Hall–Kier alpha value is -2.28. The van der Waals surface area contributed by atoms with Crippen molar-refractivity contribution in [1.29, 1.82) is 0 Å². The first-order valence-corrected chi connectivity index (χ1v) is 16.7. The van der Waals surface area contributed by atoms with Gasteiger partial charge in [0.25, 0.3) is 0 Å². The molecule has 10 nitrogen and oxygen atoms in total. The van der Waals surface area contributed by atoms with Crippen molar-refractivity contribution in [1.82, 2.24) is 19.8 Å². The van der Waals surface area contributed by atoms with E-state index in [2.05, 4.69) is 41.8 Å². The van der Waals surface area contributed by atoms with E-state index in [1.165, 1.54) is 0 Å². The van der Waals surface area contributed by atoms with Crippen LogP contribution in [0, 0.1) is 11.8 Å². The van der Waals surface area contributed by atoms with Crippen molar-refractivity contribution in [2.45, 2.75) is 90.6 Å². The van der Waals surface area contributed by atoms with Gasteiger partial charge in [-0.3, -0.25) is 0 Å². The highest BCUT2D eigenvalue weighted by Gasteiger charge is 2.32. The van der Waals surface area contributed by atoms with Crippen LogP contribution in [0.2, 0.25) is 0 Å². The van der Waals surface area contributed by atoms with Crippen molar-refractivity contribution < 1.29 is 29.3 Å². The Kier molecular flexibility index (Phi) is 13.0. The summed E-state index contributed by atoms with van der Waals surface area (Å²) < 4.78 is 12.3. The lowest BCUT2D eigenvalue weighted by Crippen LogP contribution is -2.42. The van der Waals surface area contributed by atoms with E-state index in [1.54, 1.807) is 22.2 Å². The molecule has 0 spiro atoms. The minimum Gasteiger partial charge on any atom is -0.444 e. The second kappa shape index (κ2) is 15.8. The number of aromatic nitrogens is 2. The predicted molar refractivity (Wildman–Crippen MR) is 175 cm³/mol. The van der Waals surface area contributed by atoms with Gasteiger partial charge in [-0.2, -0.15) is 0 Å². The van der Waals surface area contributed by atoms with E-state index in [4.69, 9.17) is 9.47 Å². The number of nitrogens with zero attached hydrogens (tertiary/aromatic N) is 4. The van der Waals surface area contributed by atoms with Gasteiger partial charge in [0.05, 0.1) is 12.2 Å². The van der Waals surface area contributed by atoms with E-state index in [0.717, 1.165) is 46.0 Å². The molecule has 4 heterocycles. The second-order valence-electron chi connectivity index (χ2n) is 13.3. The Balaban J connectivity index is 0.000000240. The SMILES string of the molecule is CC(C)(C)OC(=O)N1CCC(C(O)c2ccc(Br)nc2)CC1.CC(C)(C)OC(=O)N1CCC(C(O)c2ccc(Br)nc2)CC1. The molecule has 2 fully saturated rings. The molecule has 2 unspecified atom stereocenters. The molecule has 2 aliphatic rings. The Morgan fingerprint density at radius 2 is 1.02 bits per heavy atom. The molecule has 2 aromatic rings. The van der Waals surface area contributed by atoms with E-state index in [1.807, 2.05) is 65.8 Å². The summed E-state index contributed by atoms with van der Waals surface area (Å²) in [4.78, 5) is 35.8. The van der Waals surface area contributed by atoms with Crippen LogP contribution in [0.4, 0.5) is 9.59 Å². The maximum atomic E-state index is 12.0. The van der Waals surface area contributed by atoms with Gasteiger partial charge < -0.3 is 29.5 Å². The van der Waals surface area contributed by atoms with Crippen LogP contribution in [0.5, 0.6) is 0 Å². The monoisotopic (exact) mass is 740 g/mol. The summed E-state index contributed by atoms with van der Waals surface area (Å²) in [6, 6.07) is 7.41. The summed E-state index contributed by atoms with van der Waals surface area (Å²) in [7, 11) is 0. The number of hydrogen-bond acceptors (Lipinski definition) is 8. The van der Waals surface area contributed by atoms with E-state index < -0.39 is 23.4 Å². The zero-order valence-electron chi connectivity index (χ0n) is 26.5. The van der Waals surface area contributed by atoms with Gasteiger partial charge in [-0.25, -0.2) is 19.6 Å². The van der Waals surface area contributed by atoms with E-state index >= 15 is 0 Å². The van der Waals surface area contributed by atoms with Gasteiger partial charge in [0.1, 0.15) is 20.4 Å². The summed E-state index contributed by atoms with van der Waals surface area (Å²) in [5, 5.41) is 20.9. The molecule has 12 heteroatoms. The number of ether oxygens (including phenoxy) is 2. The Bertz CT molecular complexity index is 1110. The molecule has 4 rings (SSSR count). The number of hydrogen-bond donors (Lipinski definition) is 2. The highest BCUT2D eigenvalue weighted by atomic mass is 79.9. The molecule has 0 aromatic carbocycles. The Morgan fingerprint density at radius 1 is 0.705 bits per heavy atom. The molecule has 2 atom stereocenters. The molecule has 0 aliphatic carbocycles. The van der Waals surface area contributed by atoms with Crippen molar-refractivity contribution in [3.8, 4) is 0 Å². The van der Waals surface area contributed by atoms with Gasteiger partial charge in [0, 0.05) is 38.6 Å². The number of aliphatic hydroxyl groups excluding tert-OH is 2. The summed E-state index contributed by atoms with van der Waals surface area (Å²) in [5.74, 6) is 0.281. The summed E-state index contributed by atoms with van der Waals surface area (Å²) in [6.45, 7) is 13.6. The fourth-order valence-electron chi connectivity index (χ4n) is 5.12. The van der Waals surface area contributed by atoms with Crippen molar-refractivity contribution in [3.05, 3.63) is 57.0 Å². The van der Waals surface area contributed by atoms with Gasteiger partial charge >= 0.3 is 12.2 Å². The average molecular weight is 743 g/mol. The first kappa shape index (κ1) is 36.2. The highest BCUT2D eigenvalue weighted by molar-refractivity contribution is 9.10. The summed E-state index contributed by atoms with van der Waals surface area (Å²) >= 11 is 6.57. The fraction of sp³-hybridized carbons (Fsp3) is 0.625. The van der Waals surface area contributed by atoms with Crippen LogP contribution in [0.1, 0.15) is 90.6 Å². The topological polar surface area (TPSA) is 125 Å². The molecule has 0 bridgehead atoms. The number of likely N-dealkylation sites (tertiary alicyclic amines) is 2. The smallest absolute Gasteiger partial charge is 0.410 e. The molecule has 0 saturated carbocycles. The molecule has 2 N–H and O–H groups in total. The van der Waals surface area contributed by atoms with E-state index in [0.29, 0.717) is 26.2 Å². The van der Waals surface area contributed by atoms with Gasteiger partial charge in [-0.15, -0.1) is 0 Å². The Morgan fingerprint density at radius 3 is 1.27 bits per heavy atom. The van der Waals surface area contributed by atoms with Crippen molar-refractivity contribution in [2.24, 2.45) is 11.8 Å². The number of carbonyl (C=O) groups excluding carboxylic acids is 2. The molecule has 2 amide bonds. The molecule has 44 heavy (non-hydrogen) atoms. The molecular weight excluding hydrogens is 696 g/mol. The van der Waals surface area contributed by atoms with Gasteiger partial charge in [-0.1, -0.05) is 12.1 Å². The number of rotatable bonds is 4. The zero-order valence-corrected chi connectivity index (χ0v) is 29.7. The van der Waals surface area contributed by atoms with Gasteiger partial charge in [0.15, 0.2) is 0 Å². The van der Waals surface area contributed by atoms with Crippen LogP contribution in [0.3, 0.4) is 0 Å². The van der Waals surface area contributed by atoms with Crippen molar-refractivity contribution in [3.63, 3.8) is 0 Å². The number of piperidine rings is 2. The number of halogens is 2. The van der Waals surface area contributed by atoms with Crippen LogP contribution in [0.15, 0.2) is 45.9 Å². The maximum Gasteiger partial charge on any atom is 0.410 e. The van der Waals surface area contributed by atoms with Crippen LogP contribution in [-0.4, -0.2) is 79.5 Å². The maximum absolute atomic E-state index is 12.0. The first-order valence-electron chi connectivity index (χ1n) is 15.1. The lowest BCUT2D eigenvalue weighted by atomic mass is 9.88. The minimum absolute atomic E-state index is 0.140. The first-order chi connectivity index (χ1) is 20.5. The van der Waals surface area contributed by atoms with Crippen LogP contribution in [0.25, 0.3) is 0 Å². The van der Waals surface area contributed by atoms with Crippen LogP contribution >= 0.6 is 31.9 Å². The third-order valence-corrected chi connectivity index (χ3v) is 8.40. The van der Waals surface area contributed by atoms with E-state index in [-0.39, 0.29) is 24.0 Å². The molecule has 2 aliphatic heterocycles. The molecular formula is C32H46Br2N4O6. The van der Waals surface area contributed by atoms with Gasteiger partial charge in [0.2, 0.25) is 0 Å². The summed E-state index contributed by atoms with van der Waals surface area (Å²) in [6.07, 6.45) is 4.79. The summed E-state index contributed by atoms with van der Waals surface area (Å²) in [5.41, 5.74) is 0.686. The number of amides is 2. The number of pyridine rings is 2. The fourth-order valence-corrected chi connectivity index (χ4v) is 5.59. The Labute approximate surface area is 277 Å². The van der Waals surface area contributed by atoms with Crippen molar-refractivity contribution >= 4 is 44.0 Å². The highest BCUT2D eigenvalue weighted by Crippen LogP contribution is 2.32.